The number of ether oxygens (including phenoxy) is 2. The maximum absolute atomic E-state index is 12.6. The molecule has 3 atom stereocenters. The summed E-state index contributed by atoms with van der Waals surface area (Å²) in [4.78, 5) is 33.5. The molecule has 0 aromatic heterocycles. The number of carboxylic acids is 1. The van der Waals surface area contributed by atoms with Crippen molar-refractivity contribution in [1.82, 2.24) is 0 Å². The minimum Gasteiger partial charge on any atom is -0.480 e. The molecular weight excluding hydrogens is 717 g/mol. The van der Waals surface area contributed by atoms with Crippen LogP contribution in [0.3, 0.4) is 0 Å². The van der Waals surface area contributed by atoms with Crippen molar-refractivity contribution in [3.05, 3.63) is 36.5 Å². The average Bonchev–Trinajstić information content (AvgIpc) is 3.16. The molecular formula is C44H82NO9P. The second-order valence-electron chi connectivity index (χ2n) is 14.8. The molecule has 0 aliphatic carbocycles. The molecule has 0 aliphatic heterocycles. The van der Waals surface area contributed by atoms with Crippen LogP contribution >= 0.6 is 7.82 Å². The fourth-order valence-electron chi connectivity index (χ4n) is 6.03. The molecule has 0 aliphatic rings. The first-order chi connectivity index (χ1) is 26.7. The van der Waals surface area contributed by atoms with E-state index in [1.54, 1.807) is 0 Å². The lowest BCUT2D eigenvalue weighted by molar-refractivity contribution is -0.154. The normalized spacial score (nSPS) is 14.3. The van der Waals surface area contributed by atoms with Crippen LogP contribution in [0, 0.1) is 0 Å². The van der Waals surface area contributed by atoms with Crippen LogP contribution in [0.5, 0.6) is 0 Å². The van der Waals surface area contributed by atoms with Crippen LogP contribution < -0.4 is 5.73 Å². The van der Waals surface area contributed by atoms with Gasteiger partial charge in [-0.05, 0) is 44.9 Å². The lowest BCUT2D eigenvalue weighted by Gasteiger charge is -2.20. The fraction of sp³-hybridized carbons (Fsp3) is 0.818. The Morgan fingerprint density at radius 2 is 1.05 bits per heavy atom. The molecule has 0 spiro atoms. The van der Waals surface area contributed by atoms with Crippen LogP contribution in [0.15, 0.2) is 36.5 Å². The Bertz CT molecular complexity index is 1020. The number of aliphatic carboxylic acids is 1. The lowest BCUT2D eigenvalue weighted by atomic mass is 10.0. The molecule has 0 heterocycles. The summed E-state index contributed by atoms with van der Waals surface area (Å²) in [5.74, 6) is -1.78. The van der Waals surface area contributed by atoms with Crippen molar-refractivity contribution in [2.24, 2.45) is 5.73 Å². The highest BCUT2D eigenvalue weighted by molar-refractivity contribution is 7.47. The first-order valence-corrected chi connectivity index (χ1v) is 23.5. The van der Waals surface area contributed by atoms with Crippen molar-refractivity contribution in [3.63, 3.8) is 0 Å². The van der Waals surface area contributed by atoms with Crippen LogP contribution in [-0.4, -0.2) is 60.5 Å². The summed E-state index contributed by atoms with van der Waals surface area (Å²) in [6, 6.07) is -1.48. The number of carboxylic acid groups (broad SMARTS) is 1. The number of hydrogen-bond acceptors (Lipinski definition) is 8. The van der Waals surface area contributed by atoms with Gasteiger partial charge >= 0.3 is 19.8 Å². The van der Waals surface area contributed by atoms with E-state index in [4.69, 9.17) is 29.4 Å². The number of esters is 1. The zero-order chi connectivity index (χ0) is 40.5. The summed E-state index contributed by atoms with van der Waals surface area (Å²) in [7, 11) is -4.62. The molecule has 4 N–H and O–H groups in total. The molecule has 0 bridgehead atoms. The van der Waals surface area contributed by atoms with E-state index in [1.807, 2.05) is 0 Å². The van der Waals surface area contributed by atoms with Crippen molar-refractivity contribution in [2.75, 3.05) is 26.4 Å². The lowest BCUT2D eigenvalue weighted by Crippen LogP contribution is -2.34. The summed E-state index contributed by atoms with van der Waals surface area (Å²) in [6.45, 7) is 3.73. The quantitative estimate of drug-likeness (QED) is 0.0235. The Kier molecular flexibility index (Phi) is 39.1. The van der Waals surface area contributed by atoms with E-state index in [0.717, 1.165) is 64.2 Å². The molecule has 0 rings (SSSR count). The SMILES string of the molecule is CC/C=C\C/C=C\C/C=C\CCCCCCOCC(COP(=O)(O)OCC(N)C(=O)O)OC(=O)CCCCCCCCCCCCCCCCCCCCC. The fourth-order valence-corrected chi connectivity index (χ4v) is 6.81. The van der Waals surface area contributed by atoms with Crippen molar-refractivity contribution >= 4 is 19.8 Å². The summed E-state index contributed by atoms with van der Waals surface area (Å²) in [5, 5.41) is 8.89. The number of carbonyl (C=O) groups is 2. The van der Waals surface area contributed by atoms with E-state index in [1.165, 1.54) is 103 Å². The molecule has 3 unspecified atom stereocenters. The number of nitrogens with two attached hydrogens (primary N) is 1. The first-order valence-electron chi connectivity index (χ1n) is 22.0. The standard InChI is InChI=1S/C44H82NO9P/c1-3-5-7-9-11-13-15-17-19-20-21-22-23-24-26-28-30-32-34-36-43(46)54-41(39-52-55(49,50)53-40-42(45)44(47)48)38-51-37-35-33-31-29-27-25-18-16-14-12-10-8-6-4-2/h6,8,12,14,18,25,41-42H,3-5,7,9-11,13,15-17,19-24,26-40,45H2,1-2H3,(H,47,48)(H,49,50)/b8-6-,14-12-,25-18-. The number of rotatable bonds is 42. The minimum atomic E-state index is -4.62. The van der Waals surface area contributed by atoms with Crippen molar-refractivity contribution < 1.29 is 42.7 Å². The smallest absolute Gasteiger partial charge is 0.472 e. The van der Waals surface area contributed by atoms with Gasteiger partial charge in [0, 0.05) is 13.0 Å². The highest BCUT2D eigenvalue weighted by Crippen LogP contribution is 2.43. The number of phosphoric ester groups is 1. The zero-order valence-corrected chi connectivity index (χ0v) is 35.9. The predicted molar refractivity (Wildman–Crippen MR) is 226 cm³/mol. The molecule has 0 aromatic rings. The second-order valence-corrected chi connectivity index (χ2v) is 16.3. The van der Waals surface area contributed by atoms with Gasteiger partial charge in [-0.25, -0.2) is 4.57 Å². The van der Waals surface area contributed by atoms with E-state index in [2.05, 4.69) is 50.3 Å². The van der Waals surface area contributed by atoms with E-state index >= 15 is 0 Å². The number of carbonyl (C=O) groups excluding carboxylic acids is 1. The van der Waals surface area contributed by atoms with Gasteiger partial charge < -0.3 is 25.2 Å². The third-order valence-electron chi connectivity index (χ3n) is 9.43. The van der Waals surface area contributed by atoms with Gasteiger partial charge in [0.1, 0.15) is 12.1 Å². The van der Waals surface area contributed by atoms with Crippen molar-refractivity contribution in [2.45, 2.75) is 206 Å². The van der Waals surface area contributed by atoms with E-state index < -0.39 is 45.1 Å². The highest BCUT2D eigenvalue weighted by atomic mass is 31.2. The van der Waals surface area contributed by atoms with Gasteiger partial charge in [-0.3, -0.25) is 18.6 Å². The van der Waals surface area contributed by atoms with Gasteiger partial charge in [0.05, 0.1) is 19.8 Å². The maximum Gasteiger partial charge on any atom is 0.472 e. The zero-order valence-electron chi connectivity index (χ0n) is 35.0. The second kappa shape index (κ2) is 40.4. The topological polar surface area (TPSA) is 155 Å². The number of hydrogen-bond donors (Lipinski definition) is 3. The Hall–Kier alpha value is -1.81. The third-order valence-corrected chi connectivity index (χ3v) is 10.4. The minimum absolute atomic E-state index is 0.00403. The maximum atomic E-state index is 12.6. The number of allylic oxidation sites excluding steroid dienone is 6. The number of unbranched alkanes of at least 4 members (excludes halogenated alkanes) is 22. The van der Waals surface area contributed by atoms with Crippen LogP contribution in [0.2, 0.25) is 0 Å². The molecule has 11 heteroatoms. The van der Waals surface area contributed by atoms with Gasteiger partial charge in [-0.2, -0.15) is 0 Å². The first kappa shape index (κ1) is 53.2. The van der Waals surface area contributed by atoms with Gasteiger partial charge in [-0.15, -0.1) is 0 Å². The van der Waals surface area contributed by atoms with Gasteiger partial charge in [-0.1, -0.05) is 179 Å². The van der Waals surface area contributed by atoms with Crippen LogP contribution in [0.1, 0.15) is 194 Å². The molecule has 0 amide bonds. The molecule has 0 saturated carbocycles. The largest absolute Gasteiger partial charge is 0.480 e. The van der Waals surface area contributed by atoms with Crippen LogP contribution in [-0.2, 0) is 32.7 Å². The molecule has 0 fully saturated rings. The predicted octanol–water partition coefficient (Wildman–Crippen LogP) is 12.1. The third kappa shape index (κ3) is 40.2. The summed E-state index contributed by atoms with van der Waals surface area (Å²) < 4.78 is 33.3. The Balaban J connectivity index is 4.21. The Morgan fingerprint density at radius 1 is 0.600 bits per heavy atom. The van der Waals surface area contributed by atoms with Gasteiger partial charge in [0.25, 0.3) is 0 Å². The molecule has 0 radical (unpaired) electrons. The number of phosphoric acid groups is 1. The van der Waals surface area contributed by atoms with E-state index in [-0.39, 0.29) is 13.0 Å². The van der Waals surface area contributed by atoms with Crippen molar-refractivity contribution in [1.29, 1.82) is 0 Å². The molecule has 10 nitrogen and oxygen atoms in total. The highest BCUT2D eigenvalue weighted by Gasteiger charge is 2.27. The van der Waals surface area contributed by atoms with Gasteiger partial charge in [0.15, 0.2) is 0 Å². The van der Waals surface area contributed by atoms with Crippen LogP contribution in [0.25, 0.3) is 0 Å². The summed E-state index contributed by atoms with van der Waals surface area (Å²) in [6.07, 6.45) is 44.9. The monoisotopic (exact) mass is 800 g/mol. The van der Waals surface area contributed by atoms with Crippen molar-refractivity contribution in [3.8, 4) is 0 Å². The van der Waals surface area contributed by atoms with E-state index in [0.29, 0.717) is 13.0 Å². The Labute approximate surface area is 336 Å². The summed E-state index contributed by atoms with van der Waals surface area (Å²) >= 11 is 0. The Morgan fingerprint density at radius 3 is 1.58 bits per heavy atom. The molecule has 0 aromatic carbocycles. The molecule has 55 heavy (non-hydrogen) atoms. The van der Waals surface area contributed by atoms with Crippen LogP contribution in [0.4, 0.5) is 0 Å². The van der Waals surface area contributed by atoms with Gasteiger partial charge in [0.2, 0.25) is 0 Å². The average molecular weight is 800 g/mol. The van der Waals surface area contributed by atoms with E-state index in [9.17, 15) is 19.0 Å². The summed E-state index contributed by atoms with van der Waals surface area (Å²) in [5.41, 5.74) is 5.35. The molecule has 322 valence electrons. The molecule has 0 saturated heterocycles.